The maximum Gasteiger partial charge on any atom is 0.128 e. The van der Waals surface area contributed by atoms with Crippen molar-refractivity contribution in [1.82, 2.24) is 14.9 Å². The van der Waals surface area contributed by atoms with Crippen LogP contribution in [0.15, 0.2) is 6.20 Å². The highest BCUT2D eigenvalue weighted by molar-refractivity contribution is 6.29. The van der Waals surface area contributed by atoms with Gasteiger partial charge in [0.1, 0.15) is 11.0 Å². The molecule has 96 valence electrons. The molecule has 0 saturated carbocycles. The lowest BCUT2D eigenvalue weighted by Gasteiger charge is -2.17. The van der Waals surface area contributed by atoms with Crippen LogP contribution in [0.3, 0.4) is 0 Å². The lowest BCUT2D eigenvalue weighted by atomic mass is 10.00. The summed E-state index contributed by atoms with van der Waals surface area (Å²) in [4.78, 5) is 4.26. The Labute approximate surface area is 107 Å². The zero-order valence-corrected chi connectivity index (χ0v) is 11.2. The Bertz CT molecular complexity index is 367. The molecule has 0 spiro atoms. The third-order valence-corrected chi connectivity index (χ3v) is 3.82. The normalized spacial score (nSPS) is 24.4. The van der Waals surface area contributed by atoms with Crippen molar-refractivity contribution in [3.8, 4) is 0 Å². The van der Waals surface area contributed by atoms with Gasteiger partial charge in [-0.2, -0.15) is 0 Å². The minimum atomic E-state index is 0.424. The number of ether oxygens (including phenoxy) is 1. The molecule has 0 aliphatic carbocycles. The van der Waals surface area contributed by atoms with E-state index in [1.807, 2.05) is 11.6 Å². The molecule has 1 aromatic heterocycles. The number of hydrogen-bond donors (Lipinski definition) is 1. The Morgan fingerprint density at radius 2 is 2.47 bits per heavy atom. The smallest absolute Gasteiger partial charge is 0.128 e. The molecule has 4 nitrogen and oxygen atoms in total. The first-order chi connectivity index (χ1) is 8.22. The maximum absolute atomic E-state index is 5.93. The van der Waals surface area contributed by atoms with Crippen molar-refractivity contribution in [2.24, 2.45) is 13.0 Å². The van der Waals surface area contributed by atoms with Crippen LogP contribution in [-0.2, 0) is 18.3 Å². The van der Waals surface area contributed by atoms with E-state index in [4.69, 9.17) is 16.3 Å². The Hall–Kier alpha value is -0.580. The largest absolute Gasteiger partial charge is 0.378 e. The molecule has 1 N–H and O–H groups in total. The van der Waals surface area contributed by atoms with Gasteiger partial charge in [-0.3, -0.25) is 0 Å². The second-order valence-corrected chi connectivity index (χ2v) is 4.94. The molecule has 2 atom stereocenters. The number of nitrogens with zero attached hydrogens (tertiary/aromatic N) is 2. The second-order valence-electron chi connectivity index (χ2n) is 4.55. The number of imidazole rings is 1. The first-order valence-corrected chi connectivity index (χ1v) is 6.58. The van der Waals surface area contributed by atoms with Gasteiger partial charge in [0, 0.05) is 20.2 Å². The monoisotopic (exact) mass is 257 g/mol. The summed E-state index contributed by atoms with van der Waals surface area (Å²) in [5.74, 6) is 1.61. The number of hydrogen-bond acceptors (Lipinski definition) is 3. The quantitative estimate of drug-likeness (QED) is 0.877. The lowest BCUT2D eigenvalue weighted by molar-refractivity contribution is 0.0872. The van der Waals surface area contributed by atoms with Crippen molar-refractivity contribution in [3.05, 3.63) is 17.2 Å². The van der Waals surface area contributed by atoms with E-state index >= 15 is 0 Å². The molecular weight excluding hydrogens is 238 g/mol. The molecule has 17 heavy (non-hydrogen) atoms. The van der Waals surface area contributed by atoms with Gasteiger partial charge in [-0.05, 0) is 18.8 Å². The second kappa shape index (κ2) is 5.85. The van der Waals surface area contributed by atoms with E-state index < -0.39 is 0 Å². The molecule has 1 aliphatic rings. The van der Waals surface area contributed by atoms with Crippen LogP contribution in [0.4, 0.5) is 0 Å². The highest BCUT2D eigenvalue weighted by atomic mass is 35.5. The number of aromatic nitrogens is 2. The lowest BCUT2D eigenvalue weighted by Crippen LogP contribution is -2.28. The van der Waals surface area contributed by atoms with Crippen molar-refractivity contribution >= 4 is 11.6 Å². The van der Waals surface area contributed by atoms with Gasteiger partial charge in [-0.15, -0.1) is 0 Å². The van der Waals surface area contributed by atoms with Crippen molar-refractivity contribution in [2.45, 2.75) is 32.4 Å². The number of halogens is 1. The molecule has 5 heteroatoms. The van der Waals surface area contributed by atoms with Crippen LogP contribution in [0.5, 0.6) is 0 Å². The summed E-state index contributed by atoms with van der Waals surface area (Å²) in [7, 11) is 1.93. The fraction of sp³-hybridized carbons (Fsp3) is 0.750. The van der Waals surface area contributed by atoms with Gasteiger partial charge < -0.3 is 14.6 Å². The Kier molecular flexibility index (Phi) is 4.42. The SMILES string of the molecule is CCC1OCCC1CNCc1ncc(Cl)n1C. The van der Waals surface area contributed by atoms with Gasteiger partial charge in [-0.1, -0.05) is 18.5 Å². The van der Waals surface area contributed by atoms with Crippen LogP contribution in [0.2, 0.25) is 5.15 Å². The average Bonchev–Trinajstić information content (AvgIpc) is 2.90. The molecule has 0 aromatic carbocycles. The minimum Gasteiger partial charge on any atom is -0.378 e. The van der Waals surface area contributed by atoms with Gasteiger partial charge in [0.2, 0.25) is 0 Å². The van der Waals surface area contributed by atoms with Crippen LogP contribution in [-0.4, -0.2) is 28.8 Å². The van der Waals surface area contributed by atoms with Crippen molar-refractivity contribution in [1.29, 1.82) is 0 Å². The summed E-state index contributed by atoms with van der Waals surface area (Å²) in [5, 5.41) is 4.12. The van der Waals surface area contributed by atoms with E-state index in [1.54, 1.807) is 6.20 Å². The molecule has 2 unspecified atom stereocenters. The summed E-state index contributed by atoms with van der Waals surface area (Å²) in [5.41, 5.74) is 0. The van der Waals surface area contributed by atoms with E-state index in [1.165, 1.54) is 0 Å². The van der Waals surface area contributed by atoms with E-state index in [0.717, 1.165) is 38.4 Å². The fourth-order valence-electron chi connectivity index (χ4n) is 2.34. The molecule has 1 fully saturated rings. The standard InChI is InChI=1S/C12H20ClN3O/c1-3-10-9(4-5-17-10)6-14-8-12-15-7-11(13)16(12)2/h7,9-10,14H,3-6,8H2,1-2H3. The van der Waals surface area contributed by atoms with E-state index in [0.29, 0.717) is 17.2 Å². The predicted molar refractivity (Wildman–Crippen MR) is 68.1 cm³/mol. The summed E-state index contributed by atoms with van der Waals surface area (Å²) in [6, 6.07) is 0. The predicted octanol–water partition coefficient (Wildman–Crippen LogP) is 1.98. The molecule has 2 rings (SSSR count). The van der Waals surface area contributed by atoms with E-state index in [2.05, 4.69) is 17.2 Å². The summed E-state index contributed by atoms with van der Waals surface area (Å²) >= 11 is 5.93. The van der Waals surface area contributed by atoms with Gasteiger partial charge in [0.25, 0.3) is 0 Å². The molecule has 0 radical (unpaired) electrons. The summed E-state index contributed by atoms with van der Waals surface area (Å²) < 4.78 is 7.56. The third kappa shape index (κ3) is 3.00. The van der Waals surface area contributed by atoms with Crippen LogP contribution >= 0.6 is 11.6 Å². The van der Waals surface area contributed by atoms with E-state index in [9.17, 15) is 0 Å². The minimum absolute atomic E-state index is 0.424. The van der Waals surface area contributed by atoms with Crippen molar-refractivity contribution in [2.75, 3.05) is 13.2 Å². The van der Waals surface area contributed by atoms with Crippen LogP contribution in [0.1, 0.15) is 25.6 Å². The third-order valence-electron chi connectivity index (χ3n) is 3.47. The maximum atomic E-state index is 5.93. The van der Waals surface area contributed by atoms with Gasteiger partial charge in [-0.25, -0.2) is 4.98 Å². The van der Waals surface area contributed by atoms with Crippen LogP contribution in [0.25, 0.3) is 0 Å². The molecule has 1 aromatic rings. The topological polar surface area (TPSA) is 39.1 Å². The first-order valence-electron chi connectivity index (χ1n) is 6.20. The highest BCUT2D eigenvalue weighted by Crippen LogP contribution is 2.22. The molecule has 2 heterocycles. The Morgan fingerprint density at radius 3 is 3.12 bits per heavy atom. The van der Waals surface area contributed by atoms with Gasteiger partial charge in [0.05, 0.1) is 18.8 Å². The number of nitrogens with one attached hydrogen (secondary N) is 1. The van der Waals surface area contributed by atoms with Crippen molar-refractivity contribution < 1.29 is 4.74 Å². The number of rotatable bonds is 5. The summed E-state index contributed by atoms with van der Waals surface area (Å²) in [6.45, 7) is 4.83. The fourth-order valence-corrected chi connectivity index (χ4v) is 2.48. The highest BCUT2D eigenvalue weighted by Gasteiger charge is 2.26. The zero-order chi connectivity index (χ0) is 12.3. The molecular formula is C12H20ClN3O. The molecule has 0 amide bonds. The van der Waals surface area contributed by atoms with Crippen LogP contribution < -0.4 is 5.32 Å². The van der Waals surface area contributed by atoms with Crippen LogP contribution in [0, 0.1) is 5.92 Å². The molecule has 1 aliphatic heterocycles. The first kappa shape index (κ1) is 12.9. The molecule has 0 bridgehead atoms. The molecule has 1 saturated heterocycles. The van der Waals surface area contributed by atoms with Gasteiger partial charge >= 0.3 is 0 Å². The van der Waals surface area contributed by atoms with Gasteiger partial charge in [0.15, 0.2) is 0 Å². The van der Waals surface area contributed by atoms with Crippen molar-refractivity contribution in [3.63, 3.8) is 0 Å². The Balaban J connectivity index is 1.78. The average molecular weight is 258 g/mol. The summed E-state index contributed by atoms with van der Waals surface area (Å²) in [6.07, 6.45) is 4.37. The Morgan fingerprint density at radius 1 is 1.65 bits per heavy atom. The van der Waals surface area contributed by atoms with E-state index in [-0.39, 0.29) is 0 Å². The zero-order valence-electron chi connectivity index (χ0n) is 10.4.